The Hall–Kier alpha value is -2.38. The number of hydrogen-bond acceptors (Lipinski definition) is 7. The molecule has 6 nitrogen and oxygen atoms in total. The average molecular weight is 474 g/mol. The molecule has 33 heavy (non-hydrogen) atoms. The summed E-state index contributed by atoms with van der Waals surface area (Å²) in [7, 11) is 0. The molecular formula is C26H35NO5S. The van der Waals surface area contributed by atoms with Gasteiger partial charge in [-0.15, -0.1) is 11.3 Å². The number of esters is 1. The molecule has 1 unspecified atom stereocenters. The Morgan fingerprint density at radius 2 is 1.97 bits per heavy atom. The van der Waals surface area contributed by atoms with Crippen LogP contribution in [-0.2, 0) is 32.5 Å². The predicted molar refractivity (Wildman–Crippen MR) is 131 cm³/mol. The Labute approximate surface area is 200 Å². The summed E-state index contributed by atoms with van der Waals surface area (Å²) in [5, 5.41) is 3.08. The van der Waals surface area contributed by atoms with Gasteiger partial charge in [-0.25, -0.2) is 9.78 Å². The summed E-state index contributed by atoms with van der Waals surface area (Å²) in [6, 6.07) is 6.04. The van der Waals surface area contributed by atoms with E-state index in [1.807, 2.05) is 38.3 Å². The van der Waals surface area contributed by atoms with Crippen molar-refractivity contribution in [3.63, 3.8) is 0 Å². The maximum absolute atomic E-state index is 12.4. The Balaban J connectivity index is 1.73. The number of oxazole rings is 1. The summed E-state index contributed by atoms with van der Waals surface area (Å²) >= 11 is 1.64. The van der Waals surface area contributed by atoms with Crippen molar-refractivity contribution in [2.24, 2.45) is 0 Å². The molecule has 0 saturated carbocycles. The second kappa shape index (κ2) is 10.7. The van der Waals surface area contributed by atoms with E-state index in [-0.39, 0.29) is 17.5 Å². The molecule has 180 valence electrons. The van der Waals surface area contributed by atoms with Crippen molar-refractivity contribution < 1.29 is 23.4 Å². The summed E-state index contributed by atoms with van der Waals surface area (Å²) in [5.41, 5.74) is 1.86. The van der Waals surface area contributed by atoms with Gasteiger partial charge < -0.3 is 18.6 Å². The molecule has 1 aromatic carbocycles. The van der Waals surface area contributed by atoms with Crippen molar-refractivity contribution in [2.75, 3.05) is 13.2 Å². The van der Waals surface area contributed by atoms with Gasteiger partial charge in [0.1, 0.15) is 11.5 Å². The first kappa shape index (κ1) is 25.2. The lowest BCUT2D eigenvalue weighted by atomic mass is 9.97. The monoisotopic (exact) mass is 473 g/mol. The molecule has 7 heteroatoms. The number of benzene rings is 1. The average Bonchev–Trinajstić information content (AvgIpc) is 3.36. The molecule has 0 aliphatic carbocycles. The fourth-order valence-electron chi connectivity index (χ4n) is 3.57. The lowest BCUT2D eigenvalue weighted by molar-refractivity contribution is -0.159. The van der Waals surface area contributed by atoms with Crippen LogP contribution in [0.1, 0.15) is 64.5 Å². The molecule has 0 spiro atoms. The van der Waals surface area contributed by atoms with Gasteiger partial charge in [0.15, 0.2) is 12.0 Å². The van der Waals surface area contributed by atoms with Crippen LogP contribution in [0.3, 0.4) is 0 Å². The third-order valence-electron chi connectivity index (χ3n) is 5.18. The fraction of sp³-hybridized carbons (Fsp3) is 0.538. The van der Waals surface area contributed by atoms with E-state index in [9.17, 15) is 4.79 Å². The van der Waals surface area contributed by atoms with Gasteiger partial charge in [0.25, 0.3) is 0 Å². The van der Waals surface area contributed by atoms with Crippen LogP contribution in [-0.4, -0.2) is 36.4 Å². The summed E-state index contributed by atoms with van der Waals surface area (Å²) in [4.78, 5) is 17.1. The molecule has 0 aliphatic rings. The minimum absolute atomic E-state index is 0.0698. The number of hydrogen-bond donors (Lipinski definition) is 0. The van der Waals surface area contributed by atoms with Gasteiger partial charge in [-0.1, -0.05) is 26.8 Å². The molecule has 1 atom stereocenters. The van der Waals surface area contributed by atoms with Crippen LogP contribution in [0, 0.1) is 6.92 Å². The molecule has 3 rings (SSSR count). The van der Waals surface area contributed by atoms with Gasteiger partial charge >= 0.3 is 5.97 Å². The van der Waals surface area contributed by atoms with Gasteiger partial charge in [0, 0.05) is 28.3 Å². The molecule has 0 fully saturated rings. The molecule has 0 saturated heterocycles. The molecule has 0 aliphatic heterocycles. The van der Waals surface area contributed by atoms with Gasteiger partial charge in [-0.2, -0.15) is 0 Å². The minimum Gasteiger partial charge on any atom is -0.493 e. The Morgan fingerprint density at radius 1 is 1.21 bits per heavy atom. The third kappa shape index (κ3) is 6.36. The largest absolute Gasteiger partial charge is 0.493 e. The molecule has 2 aromatic heterocycles. The quantitative estimate of drug-likeness (QED) is 0.336. The number of fused-ring (bicyclic) bond motifs is 1. The minimum atomic E-state index is -0.630. The number of aromatic nitrogens is 1. The van der Waals surface area contributed by atoms with Crippen molar-refractivity contribution in [1.29, 1.82) is 0 Å². The first-order valence-corrected chi connectivity index (χ1v) is 12.4. The van der Waals surface area contributed by atoms with E-state index in [0.717, 1.165) is 38.7 Å². The third-order valence-corrected chi connectivity index (χ3v) is 6.17. The first-order valence-electron chi connectivity index (χ1n) is 11.5. The van der Waals surface area contributed by atoms with Gasteiger partial charge in [0.2, 0.25) is 0 Å². The number of rotatable bonds is 10. The SMILES string of the molecule is CCOC(=O)C(Cc1ccc(OCCc2nc(C(C)(C)C)oc2C)c2ccsc12)OC(C)C. The van der Waals surface area contributed by atoms with E-state index in [4.69, 9.17) is 18.6 Å². The summed E-state index contributed by atoms with van der Waals surface area (Å²) in [5.74, 6) is 2.09. The number of thiophene rings is 1. The van der Waals surface area contributed by atoms with Crippen LogP contribution in [0.15, 0.2) is 28.0 Å². The van der Waals surface area contributed by atoms with Crippen LogP contribution in [0.25, 0.3) is 10.1 Å². The van der Waals surface area contributed by atoms with E-state index in [0.29, 0.717) is 26.1 Å². The van der Waals surface area contributed by atoms with Crippen molar-refractivity contribution in [1.82, 2.24) is 4.98 Å². The zero-order valence-electron chi connectivity index (χ0n) is 20.7. The highest BCUT2D eigenvalue weighted by Crippen LogP contribution is 2.34. The number of carbonyl (C=O) groups is 1. The Morgan fingerprint density at radius 3 is 2.61 bits per heavy atom. The predicted octanol–water partition coefficient (Wildman–Crippen LogP) is 6.02. The van der Waals surface area contributed by atoms with E-state index < -0.39 is 6.10 Å². The summed E-state index contributed by atoms with van der Waals surface area (Å²) < 4.78 is 24.2. The van der Waals surface area contributed by atoms with Gasteiger partial charge in [-0.3, -0.25) is 0 Å². The molecule has 0 radical (unpaired) electrons. The standard InChI is InChI=1S/C26H35NO5S/c1-8-29-24(28)22(31-16(2)3)15-18-9-10-21(19-12-14-33-23(18)19)30-13-11-20-17(4)32-25(27-20)26(5,6)7/h9-10,12,14,16,22H,8,11,13,15H2,1-7H3. The fourth-order valence-corrected chi connectivity index (χ4v) is 4.51. The topological polar surface area (TPSA) is 70.8 Å². The molecular weight excluding hydrogens is 438 g/mol. The Bertz CT molecular complexity index is 1080. The zero-order valence-corrected chi connectivity index (χ0v) is 21.5. The van der Waals surface area contributed by atoms with E-state index in [1.54, 1.807) is 18.3 Å². The number of carbonyl (C=O) groups excluding carboxylic acids is 1. The van der Waals surface area contributed by atoms with E-state index >= 15 is 0 Å². The lowest BCUT2D eigenvalue weighted by Crippen LogP contribution is -2.31. The second-order valence-corrected chi connectivity index (χ2v) is 10.3. The Kier molecular flexibility index (Phi) is 8.19. The van der Waals surface area contributed by atoms with Crippen LogP contribution in [0.4, 0.5) is 0 Å². The van der Waals surface area contributed by atoms with Crippen molar-refractivity contribution in [2.45, 2.75) is 78.9 Å². The van der Waals surface area contributed by atoms with Gasteiger partial charge in [-0.05, 0) is 50.8 Å². The highest BCUT2D eigenvalue weighted by atomic mass is 32.1. The normalized spacial score (nSPS) is 13.0. The summed E-state index contributed by atoms with van der Waals surface area (Å²) in [6.45, 7) is 14.7. The maximum Gasteiger partial charge on any atom is 0.335 e. The highest BCUT2D eigenvalue weighted by Gasteiger charge is 2.25. The molecule has 0 amide bonds. The summed E-state index contributed by atoms with van der Waals surface area (Å²) in [6.07, 6.45) is 0.433. The van der Waals surface area contributed by atoms with E-state index in [1.165, 1.54) is 0 Å². The first-order chi connectivity index (χ1) is 15.6. The van der Waals surface area contributed by atoms with Crippen LogP contribution in [0.5, 0.6) is 5.75 Å². The maximum atomic E-state index is 12.4. The highest BCUT2D eigenvalue weighted by molar-refractivity contribution is 7.17. The smallest absolute Gasteiger partial charge is 0.335 e. The van der Waals surface area contributed by atoms with Crippen molar-refractivity contribution in [3.8, 4) is 5.75 Å². The van der Waals surface area contributed by atoms with Crippen LogP contribution < -0.4 is 4.74 Å². The van der Waals surface area contributed by atoms with Crippen LogP contribution >= 0.6 is 11.3 Å². The van der Waals surface area contributed by atoms with Crippen LogP contribution in [0.2, 0.25) is 0 Å². The second-order valence-electron chi connectivity index (χ2n) is 9.39. The van der Waals surface area contributed by atoms with Gasteiger partial charge in [0.05, 0.1) is 25.0 Å². The van der Waals surface area contributed by atoms with E-state index in [2.05, 4.69) is 31.8 Å². The number of ether oxygens (including phenoxy) is 3. The van der Waals surface area contributed by atoms with Crippen molar-refractivity contribution in [3.05, 3.63) is 46.5 Å². The molecule has 0 bridgehead atoms. The number of aryl methyl sites for hydroxylation is 1. The molecule has 3 aromatic rings. The lowest BCUT2D eigenvalue weighted by Gasteiger charge is -2.19. The molecule has 2 heterocycles. The van der Waals surface area contributed by atoms with Crippen molar-refractivity contribution >= 4 is 27.4 Å². The number of nitrogens with zero attached hydrogens (tertiary/aromatic N) is 1. The molecule has 0 N–H and O–H groups in total. The zero-order chi connectivity index (χ0) is 24.2.